The van der Waals surface area contributed by atoms with Crippen LogP contribution in [0.5, 0.6) is 0 Å². The lowest BCUT2D eigenvalue weighted by Crippen LogP contribution is -2.33. The van der Waals surface area contributed by atoms with Gasteiger partial charge in [-0.3, -0.25) is 0 Å². The molecule has 0 heterocycles. The Hall–Kier alpha value is -0.0400. The van der Waals surface area contributed by atoms with E-state index < -0.39 is 0 Å². The average molecular weight is 171 g/mol. The molecule has 0 saturated carbocycles. The topological polar surface area (TPSA) is 3.24 Å². The first-order chi connectivity index (χ1) is 5.37. The summed E-state index contributed by atoms with van der Waals surface area (Å²) in [5, 5.41) is 0. The Balaban J connectivity index is 3.73. The number of hydrogen-bond donors (Lipinski definition) is 0. The molecule has 0 rings (SSSR count). The van der Waals surface area contributed by atoms with Crippen LogP contribution in [0.1, 0.15) is 48.0 Å². The Morgan fingerprint density at radius 1 is 1.17 bits per heavy atom. The molecule has 0 aliphatic heterocycles. The highest BCUT2D eigenvalue weighted by Crippen LogP contribution is 2.19. The second-order valence-corrected chi connectivity index (χ2v) is 5.03. The Morgan fingerprint density at radius 2 is 1.67 bits per heavy atom. The van der Waals surface area contributed by atoms with Gasteiger partial charge >= 0.3 is 0 Å². The second kappa shape index (κ2) is 4.86. The van der Waals surface area contributed by atoms with E-state index in [1.807, 2.05) is 0 Å². The molecule has 0 amide bonds. The van der Waals surface area contributed by atoms with Crippen molar-refractivity contribution in [3.05, 3.63) is 0 Å². The van der Waals surface area contributed by atoms with Crippen LogP contribution >= 0.6 is 0 Å². The number of rotatable bonds is 4. The fraction of sp³-hybridized carbons (Fsp3) is 1.00. The summed E-state index contributed by atoms with van der Waals surface area (Å²) in [5.74, 6) is 0. The first-order valence-electron chi connectivity index (χ1n) is 5.11. The van der Waals surface area contributed by atoms with Gasteiger partial charge in [-0.25, -0.2) is 0 Å². The van der Waals surface area contributed by atoms with Gasteiger partial charge in [0.2, 0.25) is 0 Å². The van der Waals surface area contributed by atoms with Crippen molar-refractivity contribution >= 4 is 0 Å². The molecular weight excluding hydrogens is 146 g/mol. The van der Waals surface area contributed by atoms with Crippen molar-refractivity contribution in [2.24, 2.45) is 5.41 Å². The van der Waals surface area contributed by atoms with Gasteiger partial charge in [0.05, 0.1) is 0 Å². The van der Waals surface area contributed by atoms with Crippen molar-refractivity contribution in [1.29, 1.82) is 0 Å². The van der Waals surface area contributed by atoms with Crippen LogP contribution in [-0.4, -0.2) is 24.0 Å². The molecule has 0 aromatic carbocycles. The standard InChI is InChI=1S/C11H25N/c1-7-12(10(2)3)9-8-11(4,5)6/h10H,7-9H2,1-6H3. The molecule has 12 heavy (non-hydrogen) atoms. The third kappa shape index (κ3) is 5.59. The van der Waals surface area contributed by atoms with Crippen molar-refractivity contribution < 1.29 is 0 Å². The lowest BCUT2D eigenvalue weighted by atomic mass is 9.92. The van der Waals surface area contributed by atoms with Gasteiger partial charge in [-0.1, -0.05) is 27.7 Å². The molecule has 0 N–H and O–H groups in total. The van der Waals surface area contributed by atoms with Gasteiger partial charge in [-0.2, -0.15) is 0 Å². The molecule has 0 unspecified atom stereocenters. The van der Waals surface area contributed by atoms with E-state index in [9.17, 15) is 0 Å². The van der Waals surface area contributed by atoms with Gasteiger partial charge in [0, 0.05) is 6.04 Å². The van der Waals surface area contributed by atoms with Crippen LogP contribution in [0.3, 0.4) is 0 Å². The minimum Gasteiger partial charge on any atom is -0.301 e. The quantitative estimate of drug-likeness (QED) is 0.628. The van der Waals surface area contributed by atoms with Crippen LogP contribution in [0.4, 0.5) is 0 Å². The predicted molar refractivity (Wildman–Crippen MR) is 56.5 cm³/mol. The van der Waals surface area contributed by atoms with Crippen molar-refractivity contribution in [2.45, 2.75) is 54.0 Å². The smallest absolute Gasteiger partial charge is 0.00384 e. The van der Waals surface area contributed by atoms with E-state index in [0.717, 1.165) is 0 Å². The lowest BCUT2D eigenvalue weighted by molar-refractivity contribution is 0.198. The van der Waals surface area contributed by atoms with Crippen LogP contribution in [0.2, 0.25) is 0 Å². The van der Waals surface area contributed by atoms with Crippen molar-refractivity contribution in [2.75, 3.05) is 13.1 Å². The second-order valence-electron chi connectivity index (χ2n) is 5.03. The fourth-order valence-electron chi connectivity index (χ4n) is 1.26. The van der Waals surface area contributed by atoms with Crippen LogP contribution in [-0.2, 0) is 0 Å². The predicted octanol–water partition coefficient (Wildman–Crippen LogP) is 3.15. The van der Waals surface area contributed by atoms with E-state index in [2.05, 4.69) is 46.4 Å². The molecular formula is C11H25N. The molecule has 0 spiro atoms. The maximum absolute atomic E-state index is 2.52. The van der Waals surface area contributed by atoms with Crippen molar-refractivity contribution in [3.63, 3.8) is 0 Å². The summed E-state index contributed by atoms with van der Waals surface area (Å²) in [4.78, 5) is 2.52. The Labute approximate surface area is 78.1 Å². The SMILES string of the molecule is CCN(CCC(C)(C)C)C(C)C. The molecule has 1 heteroatoms. The number of hydrogen-bond acceptors (Lipinski definition) is 1. The van der Waals surface area contributed by atoms with Crippen LogP contribution in [0, 0.1) is 5.41 Å². The number of nitrogens with zero attached hydrogens (tertiary/aromatic N) is 1. The van der Waals surface area contributed by atoms with E-state index >= 15 is 0 Å². The van der Waals surface area contributed by atoms with Gasteiger partial charge in [-0.15, -0.1) is 0 Å². The highest BCUT2D eigenvalue weighted by molar-refractivity contribution is 4.67. The lowest BCUT2D eigenvalue weighted by Gasteiger charge is -2.28. The molecule has 74 valence electrons. The summed E-state index contributed by atoms with van der Waals surface area (Å²) < 4.78 is 0. The summed E-state index contributed by atoms with van der Waals surface area (Å²) in [7, 11) is 0. The van der Waals surface area contributed by atoms with Gasteiger partial charge in [-0.05, 0) is 38.8 Å². The van der Waals surface area contributed by atoms with Gasteiger partial charge in [0.25, 0.3) is 0 Å². The summed E-state index contributed by atoms with van der Waals surface area (Å²) in [6.07, 6.45) is 1.29. The van der Waals surface area contributed by atoms with Gasteiger partial charge in [0.15, 0.2) is 0 Å². The minimum atomic E-state index is 0.475. The average Bonchev–Trinajstić information content (AvgIpc) is 1.85. The third-order valence-electron chi connectivity index (χ3n) is 2.29. The van der Waals surface area contributed by atoms with Crippen LogP contribution in [0.25, 0.3) is 0 Å². The molecule has 0 saturated heterocycles. The summed E-state index contributed by atoms with van der Waals surface area (Å²) >= 11 is 0. The van der Waals surface area contributed by atoms with Gasteiger partial charge < -0.3 is 4.90 Å². The first kappa shape index (κ1) is 12.0. The van der Waals surface area contributed by atoms with Crippen molar-refractivity contribution in [3.8, 4) is 0 Å². The Morgan fingerprint density at radius 3 is 1.92 bits per heavy atom. The van der Waals surface area contributed by atoms with Crippen molar-refractivity contribution in [1.82, 2.24) is 4.90 Å². The zero-order valence-electron chi connectivity index (χ0n) is 9.65. The highest BCUT2D eigenvalue weighted by atomic mass is 15.1. The Bertz CT molecular complexity index is 111. The zero-order chi connectivity index (χ0) is 9.78. The fourth-order valence-corrected chi connectivity index (χ4v) is 1.26. The highest BCUT2D eigenvalue weighted by Gasteiger charge is 2.13. The van der Waals surface area contributed by atoms with E-state index in [1.165, 1.54) is 19.5 Å². The first-order valence-corrected chi connectivity index (χ1v) is 5.11. The van der Waals surface area contributed by atoms with Crippen LogP contribution < -0.4 is 0 Å². The molecule has 0 aliphatic carbocycles. The van der Waals surface area contributed by atoms with Crippen LogP contribution in [0.15, 0.2) is 0 Å². The monoisotopic (exact) mass is 171 g/mol. The van der Waals surface area contributed by atoms with E-state index in [-0.39, 0.29) is 0 Å². The summed E-state index contributed by atoms with van der Waals surface area (Å²) in [6, 6.07) is 0.692. The molecule has 1 nitrogen and oxygen atoms in total. The summed E-state index contributed by atoms with van der Waals surface area (Å²) in [5.41, 5.74) is 0.475. The molecule has 0 aliphatic rings. The van der Waals surface area contributed by atoms with Gasteiger partial charge in [0.1, 0.15) is 0 Å². The normalized spacial score (nSPS) is 13.0. The third-order valence-corrected chi connectivity index (χ3v) is 2.29. The maximum atomic E-state index is 2.52. The molecule has 0 atom stereocenters. The minimum absolute atomic E-state index is 0.475. The largest absolute Gasteiger partial charge is 0.301 e. The van der Waals surface area contributed by atoms with E-state index in [0.29, 0.717) is 11.5 Å². The molecule has 0 radical (unpaired) electrons. The molecule has 0 aromatic rings. The molecule has 0 fully saturated rings. The van der Waals surface area contributed by atoms with E-state index in [4.69, 9.17) is 0 Å². The van der Waals surface area contributed by atoms with E-state index in [1.54, 1.807) is 0 Å². The molecule has 0 aromatic heterocycles. The molecule has 0 bridgehead atoms. The zero-order valence-corrected chi connectivity index (χ0v) is 9.65. The maximum Gasteiger partial charge on any atom is 0.00384 e. The Kier molecular flexibility index (Phi) is 4.84. The summed E-state index contributed by atoms with van der Waals surface area (Å²) in [6.45, 7) is 16.1.